The predicted octanol–water partition coefficient (Wildman–Crippen LogP) is 1.33. The minimum atomic E-state index is -2.78. The van der Waals surface area contributed by atoms with Crippen molar-refractivity contribution in [2.45, 2.75) is 44.6 Å². The van der Waals surface area contributed by atoms with Crippen LogP contribution in [0.5, 0.6) is 0 Å². The van der Waals surface area contributed by atoms with Crippen LogP contribution >= 0.6 is 0 Å². The summed E-state index contributed by atoms with van der Waals surface area (Å²) in [6, 6.07) is 0.309. The van der Waals surface area contributed by atoms with Gasteiger partial charge in [-0.05, 0) is 31.6 Å². The van der Waals surface area contributed by atoms with E-state index in [0.717, 1.165) is 19.3 Å². The van der Waals surface area contributed by atoms with E-state index in [1.165, 1.54) is 25.5 Å². The fourth-order valence-corrected chi connectivity index (χ4v) is 2.89. The first kappa shape index (κ1) is 12.0. The molecule has 84 valence electrons. The van der Waals surface area contributed by atoms with Gasteiger partial charge in [0.25, 0.3) is 0 Å². The second-order valence-corrected chi connectivity index (χ2v) is 6.74. The summed E-state index contributed by atoms with van der Waals surface area (Å²) < 4.78 is 21.8. The molecule has 0 aromatic heterocycles. The lowest BCUT2D eigenvalue weighted by atomic mass is 9.82. The van der Waals surface area contributed by atoms with Gasteiger partial charge in [-0.25, -0.2) is 8.42 Å². The van der Waals surface area contributed by atoms with Gasteiger partial charge in [0.15, 0.2) is 0 Å². The third kappa shape index (κ3) is 4.42. The van der Waals surface area contributed by atoms with E-state index in [4.69, 9.17) is 5.73 Å². The Hall–Kier alpha value is -0.0900. The zero-order chi connectivity index (χ0) is 10.6. The van der Waals surface area contributed by atoms with Crippen molar-refractivity contribution in [1.82, 2.24) is 0 Å². The van der Waals surface area contributed by atoms with Crippen LogP contribution in [0, 0.1) is 5.92 Å². The molecule has 0 aromatic rings. The summed E-state index contributed by atoms with van der Waals surface area (Å²) in [6.45, 7) is 0. The molecule has 3 nitrogen and oxygen atoms in total. The molecule has 14 heavy (non-hydrogen) atoms. The standard InChI is InChI=1S/C10H21NO2S/c1-14(12,13)8-4-6-9-5-2-3-7-10(9)11/h9-10H,2-8,11H2,1H3. The van der Waals surface area contributed by atoms with E-state index in [-0.39, 0.29) is 0 Å². The molecule has 0 saturated heterocycles. The summed E-state index contributed by atoms with van der Waals surface area (Å²) in [5.74, 6) is 0.876. The van der Waals surface area contributed by atoms with Crippen molar-refractivity contribution >= 4 is 9.84 Å². The number of hydrogen-bond donors (Lipinski definition) is 1. The van der Waals surface area contributed by atoms with E-state index in [1.807, 2.05) is 0 Å². The molecule has 0 bridgehead atoms. The van der Waals surface area contributed by atoms with E-state index in [9.17, 15) is 8.42 Å². The Bertz CT molecular complexity index is 261. The third-order valence-electron chi connectivity index (χ3n) is 3.06. The smallest absolute Gasteiger partial charge is 0.147 e. The maximum Gasteiger partial charge on any atom is 0.147 e. The first-order valence-corrected chi connectivity index (χ1v) is 7.48. The molecular weight excluding hydrogens is 198 g/mol. The number of nitrogens with two attached hydrogens (primary N) is 1. The summed E-state index contributed by atoms with van der Waals surface area (Å²) in [7, 11) is -2.78. The quantitative estimate of drug-likeness (QED) is 0.776. The van der Waals surface area contributed by atoms with Gasteiger partial charge in [-0.3, -0.25) is 0 Å². The van der Waals surface area contributed by atoms with Crippen LogP contribution in [0.25, 0.3) is 0 Å². The highest BCUT2D eigenvalue weighted by atomic mass is 32.2. The van der Waals surface area contributed by atoms with Crippen LogP contribution < -0.4 is 5.73 Å². The van der Waals surface area contributed by atoms with Gasteiger partial charge in [-0.2, -0.15) is 0 Å². The molecule has 2 atom stereocenters. The number of hydrogen-bond acceptors (Lipinski definition) is 3. The molecule has 4 heteroatoms. The van der Waals surface area contributed by atoms with Gasteiger partial charge >= 0.3 is 0 Å². The zero-order valence-electron chi connectivity index (χ0n) is 8.91. The third-order valence-corrected chi connectivity index (χ3v) is 4.09. The lowest BCUT2D eigenvalue weighted by Crippen LogP contribution is -2.33. The largest absolute Gasteiger partial charge is 0.327 e. The molecule has 1 fully saturated rings. The highest BCUT2D eigenvalue weighted by Crippen LogP contribution is 2.26. The van der Waals surface area contributed by atoms with Crippen LogP contribution in [0.3, 0.4) is 0 Å². The first-order chi connectivity index (χ1) is 6.49. The lowest BCUT2D eigenvalue weighted by Gasteiger charge is -2.28. The Kier molecular flexibility index (Phi) is 4.38. The van der Waals surface area contributed by atoms with Gasteiger partial charge in [-0.1, -0.05) is 12.8 Å². The second-order valence-electron chi connectivity index (χ2n) is 4.48. The lowest BCUT2D eigenvalue weighted by molar-refractivity contribution is 0.290. The van der Waals surface area contributed by atoms with Crippen LogP contribution in [-0.4, -0.2) is 26.5 Å². The van der Waals surface area contributed by atoms with Crippen molar-refractivity contribution in [1.29, 1.82) is 0 Å². The average molecular weight is 219 g/mol. The van der Waals surface area contributed by atoms with E-state index in [2.05, 4.69) is 0 Å². The molecule has 0 aromatic carbocycles. The van der Waals surface area contributed by atoms with Crippen LogP contribution in [0.15, 0.2) is 0 Å². The molecular formula is C10H21NO2S. The summed E-state index contributed by atoms with van der Waals surface area (Å²) >= 11 is 0. The maximum absolute atomic E-state index is 10.9. The molecule has 1 aliphatic rings. The van der Waals surface area contributed by atoms with E-state index >= 15 is 0 Å². The summed E-state index contributed by atoms with van der Waals surface area (Å²) in [5.41, 5.74) is 5.98. The highest BCUT2D eigenvalue weighted by molar-refractivity contribution is 7.90. The summed E-state index contributed by atoms with van der Waals surface area (Å²) in [4.78, 5) is 0. The summed E-state index contributed by atoms with van der Waals surface area (Å²) in [5, 5.41) is 0. The van der Waals surface area contributed by atoms with Gasteiger partial charge in [0.2, 0.25) is 0 Å². The van der Waals surface area contributed by atoms with Gasteiger partial charge in [0.1, 0.15) is 9.84 Å². The minimum absolute atomic E-state index is 0.309. The van der Waals surface area contributed by atoms with Gasteiger partial charge in [0.05, 0.1) is 0 Å². The van der Waals surface area contributed by atoms with Crippen molar-refractivity contribution in [2.75, 3.05) is 12.0 Å². The van der Waals surface area contributed by atoms with Crippen molar-refractivity contribution in [3.05, 3.63) is 0 Å². The Balaban J connectivity index is 2.23. The molecule has 0 aliphatic heterocycles. The van der Waals surface area contributed by atoms with Crippen molar-refractivity contribution in [2.24, 2.45) is 11.7 Å². The fourth-order valence-electron chi connectivity index (χ4n) is 2.20. The zero-order valence-corrected chi connectivity index (χ0v) is 9.72. The Labute approximate surface area is 87.0 Å². The van der Waals surface area contributed by atoms with Crippen LogP contribution in [-0.2, 0) is 9.84 Å². The van der Waals surface area contributed by atoms with Crippen molar-refractivity contribution in [3.8, 4) is 0 Å². The molecule has 1 aliphatic carbocycles. The SMILES string of the molecule is CS(=O)(=O)CCCC1CCCCC1N. The van der Waals surface area contributed by atoms with E-state index in [1.54, 1.807) is 0 Å². The van der Waals surface area contributed by atoms with Crippen LogP contribution in [0.1, 0.15) is 38.5 Å². The molecule has 2 unspecified atom stereocenters. The molecule has 0 heterocycles. The second kappa shape index (κ2) is 5.12. The van der Waals surface area contributed by atoms with Gasteiger partial charge < -0.3 is 5.73 Å². The average Bonchev–Trinajstić information content (AvgIpc) is 2.06. The molecule has 2 N–H and O–H groups in total. The first-order valence-electron chi connectivity index (χ1n) is 5.42. The Morgan fingerprint density at radius 2 is 1.93 bits per heavy atom. The summed E-state index contributed by atoms with van der Waals surface area (Å²) in [6.07, 6.45) is 7.86. The van der Waals surface area contributed by atoms with Crippen molar-refractivity contribution in [3.63, 3.8) is 0 Å². The fraction of sp³-hybridized carbons (Fsp3) is 1.00. The molecule has 1 rings (SSSR count). The monoisotopic (exact) mass is 219 g/mol. The molecule has 0 amide bonds. The molecule has 0 spiro atoms. The number of rotatable bonds is 4. The van der Waals surface area contributed by atoms with Crippen LogP contribution in [0.2, 0.25) is 0 Å². The topological polar surface area (TPSA) is 60.2 Å². The minimum Gasteiger partial charge on any atom is -0.327 e. The molecule has 0 radical (unpaired) electrons. The van der Waals surface area contributed by atoms with E-state index < -0.39 is 9.84 Å². The molecule has 1 saturated carbocycles. The maximum atomic E-state index is 10.9. The Morgan fingerprint density at radius 3 is 2.50 bits per heavy atom. The number of sulfone groups is 1. The predicted molar refractivity (Wildman–Crippen MR) is 58.9 cm³/mol. The van der Waals surface area contributed by atoms with Crippen molar-refractivity contribution < 1.29 is 8.42 Å². The van der Waals surface area contributed by atoms with Gasteiger partial charge in [-0.15, -0.1) is 0 Å². The van der Waals surface area contributed by atoms with Crippen LogP contribution in [0.4, 0.5) is 0 Å². The highest BCUT2D eigenvalue weighted by Gasteiger charge is 2.21. The van der Waals surface area contributed by atoms with Gasteiger partial charge in [0, 0.05) is 18.1 Å². The van der Waals surface area contributed by atoms with E-state index in [0.29, 0.717) is 17.7 Å². The Morgan fingerprint density at radius 1 is 1.29 bits per heavy atom. The normalized spacial score (nSPS) is 29.0.